The lowest BCUT2D eigenvalue weighted by Gasteiger charge is -2.30. The van der Waals surface area contributed by atoms with E-state index in [1.807, 2.05) is 0 Å². The molecule has 3 aromatic carbocycles. The van der Waals surface area contributed by atoms with E-state index in [-0.39, 0.29) is 5.56 Å². The van der Waals surface area contributed by atoms with E-state index in [2.05, 4.69) is 15.5 Å². The van der Waals surface area contributed by atoms with E-state index >= 15 is 4.39 Å². The number of nitrogens with zero attached hydrogens (tertiary/aromatic N) is 2. The average Bonchev–Trinajstić information content (AvgIpc) is 2.87. The van der Waals surface area contributed by atoms with E-state index in [1.165, 1.54) is 17.0 Å². The summed E-state index contributed by atoms with van der Waals surface area (Å²) in [4.78, 5) is 29.5. The number of nitrogens with one attached hydrogen (secondary N) is 2. The maximum atomic E-state index is 15.1. The Morgan fingerprint density at radius 1 is 0.889 bits per heavy atom. The van der Waals surface area contributed by atoms with Gasteiger partial charge in [0.05, 0.1) is 18.8 Å². The molecule has 4 rings (SSSR count). The van der Waals surface area contributed by atoms with Crippen LogP contribution in [0.1, 0.15) is 10.4 Å². The van der Waals surface area contributed by atoms with Gasteiger partial charge < -0.3 is 15.4 Å². The van der Waals surface area contributed by atoms with Crippen LogP contribution >= 0.6 is 23.2 Å². The second-order valence-electron chi connectivity index (χ2n) is 8.17. The average molecular weight is 531 g/mol. The first-order valence-electron chi connectivity index (χ1n) is 11.4. The van der Waals surface area contributed by atoms with Crippen LogP contribution in [-0.2, 0) is 4.74 Å². The molecule has 0 spiro atoms. The predicted octanol–water partition coefficient (Wildman–Crippen LogP) is 5.76. The van der Waals surface area contributed by atoms with Crippen LogP contribution in [0.5, 0.6) is 0 Å². The van der Waals surface area contributed by atoms with E-state index in [4.69, 9.17) is 27.9 Å². The number of hydrogen-bond donors (Lipinski definition) is 2. The van der Waals surface area contributed by atoms with Crippen molar-refractivity contribution >= 4 is 52.2 Å². The Labute approximate surface area is 218 Å². The zero-order valence-electron chi connectivity index (χ0n) is 19.3. The highest BCUT2D eigenvalue weighted by atomic mass is 35.5. The molecule has 1 fully saturated rings. The van der Waals surface area contributed by atoms with Crippen LogP contribution in [0.3, 0.4) is 0 Å². The number of ether oxygens (including phenoxy) is 1. The number of carbonyl (C=O) groups excluding carboxylic acids is 2. The molecular formula is C26H25Cl2FN4O3. The molecule has 36 heavy (non-hydrogen) atoms. The first kappa shape index (κ1) is 25.9. The van der Waals surface area contributed by atoms with Crippen molar-refractivity contribution in [2.75, 3.05) is 54.9 Å². The third-order valence-electron chi connectivity index (χ3n) is 5.70. The second kappa shape index (κ2) is 12.2. The van der Waals surface area contributed by atoms with Crippen LogP contribution in [0.2, 0.25) is 10.0 Å². The third kappa shape index (κ3) is 6.95. The quantitative estimate of drug-likeness (QED) is 0.407. The Hall–Kier alpha value is -3.17. The number of rotatable bonds is 7. The van der Waals surface area contributed by atoms with Gasteiger partial charge in [-0.05, 0) is 66.7 Å². The molecule has 7 nitrogen and oxygen atoms in total. The summed E-state index contributed by atoms with van der Waals surface area (Å²) in [6.07, 6.45) is 0. The van der Waals surface area contributed by atoms with E-state index in [1.54, 1.807) is 54.6 Å². The monoisotopic (exact) mass is 530 g/mol. The Morgan fingerprint density at radius 2 is 1.47 bits per heavy atom. The smallest absolute Gasteiger partial charge is 0.326 e. The van der Waals surface area contributed by atoms with Gasteiger partial charge in [-0.25, -0.2) is 9.18 Å². The molecule has 2 N–H and O–H groups in total. The summed E-state index contributed by atoms with van der Waals surface area (Å²) in [6, 6.07) is 16.9. The molecule has 0 aliphatic carbocycles. The largest absolute Gasteiger partial charge is 0.379 e. The van der Waals surface area contributed by atoms with Crippen molar-refractivity contribution in [2.45, 2.75) is 0 Å². The lowest BCUT2D eigenvalue weighted by atomic mass is 10.1. The first-order valence-corrected chi connectivity index (χ1v) is 12.2. The van der Waals surface area contributed by atoms with Gasteiger partial charge in [-0.2, -0.15) is 0 Å². The molecule has 188 valence electrons. The third-order valence-corrected chi connectivity index (χ3v) is 6.20. The Morgan fingerprint density at radius 3 is 2.06 bits per heavy atom. The molecule has 1 saturated heterocycles. The van der Waals surface area contributed by atoms with Gasteiger partial charge in [-0.15, -0.1) is 0 Å². The molecule has 0 unspecified atom stereocenters. The zero-order chi connectivity index (χ0) is 25.5. The van der Waals surface area contributed by atoms with Gasteiger partial charge >= 0.3 is 6.03 Å². The Balaban J connectivity index is 1.52. The molecule has 3 amide bonds. The fourth-order valence-electron chi connectivity index (χ4n) is 3.73. The van der Waals surface area contributed by atoms with Gasteiger partial charge in [-0.3, -0.25) is 14.6 Å². The van der Waals surface area contributed by atoms with Crippen LogP contribution in [0.25, 0.3) is 0 Å². The summed E-state index contributed by atoms with van der Waals surface area (Å²) in [7, 11) is 0. The highest BCUT2D eigenvalue weighted by Crippen LogP contribution is 2.22. The number of benzene rings is 3. The number of amides is 3. The van der Waals surface area contributed by atoms with E-state index in [9.17, 15) is 9.59 Å². The van der Waals surface area contributed by atoms with Crippen molar-refractivity contribution in [3.63, 3.8) is 0 Å². The molecule has 3 aromatic rings. The fourth-order valence-corrected chi connectivity index (χ4v) is 3.98. The molecule has 10 heteroatoms. The molecule has 0 radical (unpaired) electrons. The highest BCUT2D eigenvalue weighted by Gasteiger charge is 2.21. The van der Waals surface area contributed by atoms with Gasteiger partial charge in [0.25, 0.3) is 5.91 Å². The van der Waals surface area contributed by atoms with Crippen molar-refractivity contribution in [3.05, 3.63) is 88.2 Å². The summed E-state index contributed by atoms with van der Waals surface area (Å²) in [5.74, 6) is -1.35. The number of halogens is 3. The van der Waals surface area contributed by atoms with Gasteiger partial charge in [-0.1, -0.05) is 23.2 Å². The van der Waals surface area contributed by atoms with Gasteiger partial charge in [0.15, 0.2) is 0 Å². The van der Waals surface area contributed by atoms with Crippen LogP contribution < -0.4 is 15.5 Å². The van der Waals surface area contributed by atoms with Crippen LogP contribution in [0.4, 0.5) is 26.2 Å². The van der Waals surface area contributed by atoms with Crippen molar-refractivity contribution in [1.82, 2.24) is 4.90 Å². The number of anilines is 3. The van der Waals surface area contributed by atoms with Crippen molar-refractivity contribution < 1.29 is 18.7 Å². The SMILES string of the molecule is O=C(Nc1ccc(Cl)cc1)c1ccc(N(CCN2CCOCC2)C(=O)Nc2ccc(Cl)cc2)cc1F. The summed E-state index contributed by atoms with van der Waals surface area (Å²) in [5, 5.41) is 6.54. The molecular weight excluding hydrogens is 506 g/mol. The standard InChI is InChI=1S/C26H25Cl2FN4O3/c27-18-1-5-20(6-2-18)30-25(34)23-10-9-22(17-24(23)29)33(12-11-32-13-15-36-16-14-32)26(35)31-21-7-3-19(28)4-8-21/h1-10,17H,11-16H2,(H,30,34)(H,31,35). The number of hydrogen-bond acceptors (Lipinski definition) is 4. The lowest BCUT2D eigenvalue weighted by Crippen LogP contribution is -2.44. The number of urea groups is 1. The second-order valence-corrected chi connectivity index (χ2v) is 9.04. The van der Waals surface area contributed by atoms with Gasteiger partial charge in [0.1, 0.15) is 5.82 Å². The number of morpholine rings is 1. The van der Waals surface area contributed by atoms with E-state index in [0.717, 1.165) is 13.1 Å². The maximum absolute atomic E-state index is 15.1. The molecule has 1 aliphatic heterocycles. The molecule has 0 bridgehead atoms. The van der Waals surface area contributed by atoms with Gasteiger partial charge in [0.2, 0.25) is 0 Å². The van der Waals surface area contributed by atoms with Crippen LogP contribution in [-0.4, -0.2) is 56.2 Å². The maximum Gasteiger partial charge on any atom is 0.326 e. The van der Waals surface area contributed by atoms with Crippen LogP contribution in [0.15, 0.2) is 66.7 Å². The minimum Gasteiger partial charge on any atom is -0.379 e. The van der Waals surface area contributed by atoms with Gasteiger partial charge in [0, 0.05) is 53.3 Å². The molecule has 0 aromatic heterocycles. The molecule has 0 saturated carbocycles. The predicted molar refractivity (Wildman–Crippen MR) is 141 cm³/mol. The first-order chi connectivity index (χ1) is 17.4. The highest BCUT2D eigenvalue weighted by molar-refractivity contribution is 6.31. The summed E-state index contributed by atoms with van der Waals surface area (Å²) in [6.45, 7) is 3.66. The molecule has 1 heterocycles. The Bertz CT molecular complexity index is 1200. The summed E-state index contributed by atoms with van der Waals surface area (Å²) >= 11 is 11.8. The van der Waals surface area contributed by atoms with Crippen molar-refractivity contribution in [2.24, 2.45) is 0 Å². The van der Waals surface area contributed by atoms with E-state index < -0.39 is 17.8 Å². The lowest BCUT2D eigenvalue weighted by molar-refractivity contribution is 0.0393. The topological polar surface area (TPSA) is 73.9 Å². The Kier molecular flexibility index (Phi) is 8.77. The normalized spacial score (nSPS) is 13.8. The number of carbonyl (C=O) groups is 2. The van der Waals surface area contributed by atoms with Crippen molar-refractivity contribution in [1.29, 1.82) is 0 Å². The summed E-state index contributed by atoms with van der Waals surface area (Å²) in [5.41, 5.74) is 1.23. The minimum absolute atomic E-state index is 0.139. The fraction of sp³-hybridized carbons (Fsp3) is 0.231. The van der Waals surface area contributed by atoms with Crippen molar-refractivity contribution in [3.8, 4) is 0 Å². The summed E-state index contributed by atoms with van der Waals surface area (Å²) < 4.78 is 20.5. The van der Waals surface area contributed by atoms with Crippen LogP contribution in [0, 0.1) is 5.82 Å². The minimum atomic E-state index is -0.741. The molecule has 0 atom stereocenters. The zero-order valence-corrected chi connectivity index (χ0v) is 20.9. The van der Waals surface area contributed by atoms with E-state index in [0.29, 0.717) is 53.4 Å². The molecule has 1 aliphatic rings.